The number of unbranched alkanes of at least 4 members (excludes halogenated alkanes) is 1. The van der Waals surface area contributed by atoms with Crippen LogP contribution in [0.1, 0.15) is 12.8 Å². The van der Waals surface area contributed by atoms with Crippen LogP contribution in [0.4, 0.5) is 0 Å². The molecule has 0 aliphatic heterocycles. The summed E-state index contributed by atoms with van der Waals surface area (Å²) in [4.78, 5) is 12.1. The summed E-state index contributed by atoms with van der Waals surface area (Å²) in [6.45, 7) is 0.990. The summed E-state index contributed by atoms with van der Waals surface area (Å²) in [5.74, 6) is 2.04. The standard InChI is InChI=1S/C23H22O7/c1-25-20-16-10-13-29-21(16)23(26-2)22-19(20)17(14-18(24)30-22)28-12-7-6-11-27-15-8-4-3-5-9-15/h3-5,8-10,13-14H,6-7,11-12H2,1-2H3. The van der Waals surface area contributed by atoms with E-state index in [4.69, 9.17) is 27.8 Å². The highest BCUT2D eigenvalue weighted by molar-refractivity contribution is 6.09. The minimum atomic E-state index is -0.545. The monoisotopic (exact) mass is 410 g/mol. The molecule has 7 heteroatoms. The van der Waals surface area contributed by atoms with Crippen LogP contribution in [0.15, 0.2) is 62.4 Å². The molecule has 0 fully saturated rings. The highest BCUT2D eigenvalue weighted by Gasteiger charge is 2.23. The highest BCUT2D eigenvalue weighted by Crippen LogP contribution is 2.45. The van der Waals surface area contributed by atoms with Gasteiger partial charge in [0.05, 0.1) is 45.1 Å². The van der Waals surface area contributed by atoms with Crippen molar-refractivity contribution in [3.63, 3.8) is 0 Å². The van der Waals surface area contributed by atoms with E-state index in [0.29, 0.717) is 46.8 Å². The number of furan rings is 1. The molecule has 0 unspecified atom stereocenters. The number of ether oxygens (including phenoxy) is 4. The Labute approximate surface area is 172 Å². The molecule has 156 valence electrons. The second kappa shape index (κ2) is 8.82. The van der Waals surface area contributed by atoms with Crippen molar-refractivity contribution < 1.29 is 27.8 Å². The zero-order valence-corrected chi connectivity index (χ0v) is 16.8. The van der Waals surface area contributed by atoms with Crippen LogP contribution in [0, 0.1) is 0 Å². The number of rotatable bonds is 9. The molecule has 0 atom stereocenters. The summed E-state index contributed by atoms with van der Waals surface area (Å²) >= 11 is 0. The van der Waals surface area contributed by atoms with E-state index in [-0.39, 0.29) is 5.58 Å². The van der Waals surface area contributed by atoms with Crippen LogP contribution in [0.2, 0.25) is 0 Å². The minimum absolute atomic E-state index is 0.228. The van der Waals surface area contributed by atoms with Crippen LogP contribution in [0.5, 0.6) is 23.0 Å². The Morgan fingerprint density at radius 2 is 1.60 bits per heavy atom. The molecular formula is C23H22O7. The van der Waals surface area contributed by atoms with Crippen LogP contribution in [0.25, 0.3) is 21.9 Å². The van der Waals surface area contributed by atoms with Gasteiger partial charge in [-0.25, -0.2) is 4.79 Å². The largest absolute Gasteiger partial charge is 0.495 e. The minimum Gasteiger partial charge on any atom is -0.495 e. The number of hydrogen-bond acceptors (Lipinski definition) is 7. The number of methoxy groups -OCH3 is 2. The van der Waals surface area contributed by atoms with E-state index >= 15 is 0 Å². The summed E-state index contributed by atoms with van der Waals surface area (Å²) in [5.41, 5.74) is 0.128. The summed E-state index contributed by atoms with van der Waals surface area (Å²) in [5, 5.41) is 1.24. The number of hydrogen-bond donors (Lipinski definition) is 0. The molecular weight excluding hydrogens is 388 g/mol. The zero-order chi connectivity index (χ0) is 20.9. The van der Waals surface area contributed by atoms with Gasteiger partial charge in [-0.2, -0.15) is 0 Å². The van der Waals surface area contributed by atoms with Gasteiger partial charge >= 0.3 is 5.63 Å². The molecule has 0 aliphatic rings. The fraction of sp³-hybridized carbons (Fsp3) is 0.261. The maximum absolute atomic E-state index is 12.1. The third-order valence-electron chi connectivity index (χ3n) is 4.69. The Hall–Kier alpha value is -3.61. The third-order valence-corrected chi connectivity index (χ3v) is 4.69. The first-order chi connectivity index (χ1) is 14.7. The lowest BCUT2D eigenvalue weighted by molar-refractivity contribution is 0.266. The first-order valence-corrected chi connectivity index (χ1v) is 9.62. The van der Waals surface area contributed by atoms with Crippen LogP contribution in [0.3, 0.4) is 0 Å². The molecule has 7 nitrogen and oxygen atoms in total. The topological polar surface area (TPSA) is 80.3 Å². The molecule has 0 saturated heterocycles. The summed E-state index contributed by atoms with van der Waals surface area (Å²) in [6, 6.07) is 12.7. The average molecular weight is 410 g/mol. The van der Waals surface area contributed by atoms with E-state index in [0.717, 1.165) is 18.6 Å². The van der Waals surface area contributed by atoms with Crippen molar-refractivity contribution in [2.75, 3.05) is 27.4 Å². The van der Waals surface area contributed by atoms with Crippen molar-refractivity contribution in [3.8, 4) is 23.0 Å². The molecule has 0 saturated carbocycles. The fourth-order valence-electron chi connectivity index (χ4n) is 3.35. The van der Waals surface area contributed by atoms with Gasteiger partial charge in [0.2, 0.25) is 5.75 Å². The van der Waals surface area contributed by atoms with Crippen molar-refractivity contribution >= 4 is 21.9 Å². The van der Waals surface area contributed by atoms with E-state index in [9.17, 15) is 4.79 Å². The Morgan fingerprint density at radius 1 is 0.867 bits per heavy atom. The fourth-order valence-corrected chi connectivity index (χ4v) is 3.35. The first kappa shape index (κ1) is 19.7. The summed E-state index contributed by atoms with van der Waals surface area (Å²) in [7, 11) is 3.03. The molecule has 0 N–H and O–H groups in total. The van der Waals surface area contributed by atoms with Gasteiger partial charge in [0.1, 0.15) is 22.6 Å². The van der Waals surface area contributed by atoms with Gasteiger partial charge in [-0.15, -0.1) is 0 Å². The summed E-state index contributed by atoms with van der Waals surface area (Å²) in [6.07, 6.45) is 3.09. The van der Waals surface area contributed by atoms with Gasteiger partial charge in [0, 0.05) is 0 Å². The predicted octanol–water partition coefficient (Wildman–Crippen LogP) is 4.79. The van der Waals surface area contributed by atoms with Crippen molar-refractivity contribution in [3.05, 3.63) is 59.1 Å². The zero-order valence-electron chi connectivity index (χ0n) is 16.8. The van der Waals surface area contributed by atoms with Crippen LogP contribution in [-0.2, 0) is 0 Å². The average Bonchev–Trinajstić information content (AvgIpc) is 3.24. The van der Waals surface area contributed by atoms with E-state index in [1.165, 1.54) is 19.4 Å². The highest BCUT2D eigenvalue weighted by atomic mass is 16.5. The molecule has 0 amide bonds. The van der Waals surface area contributed by atoms with E-state index in [1.54, 1.807) is 13.2 Å². The molecule has 2 aromatic carbocycles. The van der Waals surface area contributed by atoms with E-state index in [1.807, 2.05) is 30.3 Å². The van der Waals surface area contributed by atoms with Gasteiger partial charge in [-0.3, -0.25) is 0 Å². The molecule has 0 radical (unpaired) electrons. The van der Waals surface area contributed by atoms with E-state index in [2.05, 4.69) is 0 Å². The Morgan fingerprint density at radius 3 is 2.33 bits per heavy atom. The van der Waals surface area contributed by atoms with Gasteiger partial charge in [0.15, 0.2) is 11.2 Å². The quantitative estimate of drug-likeness (QED) is 0.290. The van der Waals surface area contributed by atoms with Crippen molar-refractivity contribution in [2.24, 2.45) is 0 Å². The third kappa shape index (κ3) is 3.78. The summed E-state index contributed by atoms with van der Waals surface area (Å²) < 4.78 is 33.6. The Balaban J connectivity index is 1.54. The molecule has 4 aromatic rings. The Bertz CT molecular complexity index is 1190. The smallest absolute Gasteiger partial charge is 0.340 e. The van der Waals surface area contributed by atoms with Crippen molar-refractivity contribution in [1.29, 1.82) is 0 Å². The SMILES string of the molecule is COc1c2occc2c(OC)c2c(OCCCCOc3ccccc3)cc(=O)oc12. The lowest BCUT2D eigenvalue weighted by Gasteiger charge is -2.14. The lowest BCUT2D eigenvalue weighted by atomic mass is 10.1. The molecule has 30 heavy (non-hydrogen) atoms. The lowest BCUT2D eigenvalue weighted by Crippen LogP contribution is -2.06. The van der Waals surface area contributed by atoms with Crippen LogP contribution in [-0.4, -0.2) is 27.4 Å². The molecule has 2 aromatic heterocycles. The maximum atomic E-state index is 12.1. The number of fused-ring (bicyclic) bond motifs is 2. The normalized spacial score (nSPS) is 11.0. The van der Waals surface area contributed by atoms with Gasteiger partial charge in [0.25, 0.3) is 0 Å². The molecule has 0 aliphatic carbocycles. The second-order valence-electron chi connectivity index (χ2n) is 6.58. The van der Waals surface area contributed by atoms with E-state index < -0.39 is 5.63 Å². The second-order valence-corrected chi connectivity index (χ2v) is 6.58. The first-order valence-electron chi connectivity index (χ1n) is 9.62. The van der Waals surface area contributed by atoms with Gasteiger partial charge in [-0.05, 0) is 31.0 Å². The number of benzene rings is 2. The maximum Gasteiger partial charge on any atom is 0.340 e. The van der Waals surface area contributed by atoms with Crippen molar-refractivity contribution in [2.45, 2.75) is 12.8 Å². The van der Waals surface area contributed by atoms with Gasteiger partial charge < -0.3 is 27.8 Å². The van der Waals surface area contributed by atoms with Gasteiger partial charge in [-0.1, -0.05) is 18.2 Å². The van der Waals surface area contributed by atoms with Crippen LogP contribution < -0.4 is 24.6 Å². The molecule has 0 spiro atoms. The van der Waals surface area contributed by atoms with Crippen LogP contribution >= 0.6 is 0 Å². The van der Waals surface area contributed by atoms with Crippen molar-refractivity contribution in [1.82, 2.24) is 0 Å². The molecule has 4 rings (SSSR count). The Kier molecular flexibility index (Phi) is 5.79. The molecule has 0 bridgehead atoms. The predicted molar refractivity (Wildman–Crippen MR) is 112 cm³/mol. The number of para-hydroxylation sites is 1. The molecule has 2 heterocycles.